The normalized spacial score (nSPS) is 11.0. The van der Waals surface area contributed by atoms with E-state index in [4.69, 9.17) is 21.7 Å². The third-order valence-electron chi connectivity index (χ3n) is 2.68. The maximum absolute atomic E-state index is 10.6. The fourth-order valence-corrected chi connectivity index (χ4v) is 1.78. The summed E-state index contributed by atoms with van der Waals surface area (Å²) in [6, 6.07) is 1.80. The monoisotopic (exact) mass is 309 g/mol. The van der Waals surface area contributed by atoms with Crippen LogP contribution in [0.15, 0.2) is 28.2 Å². The van der Waals surface area contributed by atoms with Gasteiger partial charge in [0.05, 0.1) is 12.1 Å². The number of thiocarbonyl (C=S) groups is 1. The largest absolute Gasteiger partial charge is 0.481 e. The van der Waals surface area contributed by atoms with Crippen molar-refractivity contribution in [3.05, 3.63) is 35.8 Å². The number of rotatable bonds is 7. The second-order valence-electron chi connectivity index (χ2n) is 4.38. The van der Waals surface area contributed by atoms with E-state index in [1.165, 1.54) is 0 Å². The number of nitrogens with zero attached hydrogens (tertiary/aromatic N) is 1. The molecule has 114 valence electrons. The number of carboxylic acids is 1. The summed E-state index contributed by atoms with van der Waals surface area (Å²) in [6.07, 6.45) is 2.09. The van der Waals surface area contributed by atoms with Gasteiger partial charge >= 0.3 is 5.97 Å². The van der Waals surface area contributed by atoms with E-state index >= 15 is 0 Å². The van der Waals surface area contributed by atoms with Gasteiger partial charge in [-0.3, -0.25) is 10.2 Å². The molecule has 0 saturated heterocycles. The summed E-state index contributed by atoms with van der Waals surface area (Å²) >= 11 is 5.03. The predicted octanol–water partition coefficient (Wildman–Crippen LogP) is 1.98. The molecule has 0 bridgehead atoms. The Bertz CT molecular complexity index is 564. The number of aliphatic carboxylic acids is 1. The van der Waals surface area contributed by atoms with Gasteiger partial charge in [0.25, 0.3) is 0 Å². The SMILES string of the molecule is C=CCNC(=S)N/N=C(/C)c1cc(CCC(=O)O)oc1C. The van der Waals surface area contributed by atoms with Gasteiger partial charge in [0.2, 0.25) is 0 Å². The second-order valence-corrected chi connectivity index (χ2v) is 4.79. The average Bonchev–Trinajstić information content (AvgIpc) is 2.81. The van der Waals surface area contributed by atoms with Crippen LogP contribution in [0.25, 0.3) is 0 Å². The van der Waals surface area contributed by atoms with Gasteiger partial charge in [0, 0.05) is 18.5 Å². The van der Waals surface area contributed by atoms with E-state index in [0.29, 0.717) is 35.3 Å². The van der Waals surface area contributed by atoms with Gasteiger partial charge in [-0.15, -0.1) is 6.58 Å². The van der Waals surface area contributed by atoms with Gasteiger partial charge in [-0.1, -0.05) is 6.08 Å². The minimum Gasteiger partial charge on any atom is -0.481 e. The molecule has 1 heterocycles. The van der Waals surface area contributed by atoms with Crippen molar-refractivity contribution in [2.45, 2.75) is 26.7 Å². The van der Waals surface area contributed by atoms with Crippen LogP contribution in [0.3, 0.4) is 0 Å². The molecule has 0 radical (unpaired) electrons. The molecular formula is C14H19N3O3S. The van der Waals surface area contributed by atoms with Crippen molar-refractivity contribution in [1.29, 1.82) is 0 Å². The maximum atomic E-state index is 10.6. The molecule has 0 unspecified atom stereocenters. The van der Waals surface area contributed by atoms with Crippen molar-refractivity contribution in [2.75, 3.05) is 6.54 Å². The zero-order valence-electron chi connectivity index (χ0n) is 12.1. The van der Waals surface area contributed by atoms with Gasteiger partial charge in [0.1, 0.15) is 11.5 Å². The lowest BCUT2D eigenvalue weighted by atomic mass is 10.1. The standard InChI is InChI=1S/C14H19N3O3S/c1-4-7-15-14(21)17-16-9(2)12-8-11(20-10(12)3)5-6-13(18)19/h4,8H,1,5-7H2,2-3H3,(H,18,19)(H2,15,17,21)/b16-9-. The Kier molecular flexibility index (Phi) is 6.61. The Morgan fingerprint density at radius 1 is 1.62 bits per heavy atom. The minimum atomic E-state index is -0.851. The number of hydrogen-bond acceptors (Lipinski definition) is 4. The molecule has 0 atom stereocenters. The third-order valence-corrected chi connectivity index (χ3v) is 2.91. The lowest BCUT2D eigenvalue weighted by Crippen LogP contribution is -2.32. The fraction of sp³-hybridized carbons (Fsp3) is 0.357. The average molecular weight is 309 g/mol. The molecule has 0 fully saturated rings. The molecule has 3 N–H and O–H groups in total. The summed E-state index contributed by atoms with van der Waals surface area (Å²) in [4.78, 5) is 10.6. The van der Waals surface area contributed by atoms with E-state index in [0.717, 1.165) is 5.56 Å². The van der Waals surface area contributed by atoms with Crippen molar-refractivity contribution in [3.63, 3.8) is 0 Å². The Hall–Kier alpha value is -2.15. The molecule has 0 saturated carbocycles. The lowest BCUT2D eigenvalue weighted by molar-refractivity contribution is -0.137. The molecule has 0 amide bonds. The quantitative estimate of drug-likeness (QED) is 0.309. The van der Waals surface area contributed by atoms with Gasteiger partial charge in [-0.2, -0.15) is 5.10 Å². The van der Waals surface area contributed by atoms with Crippen molar-refractivity contribution in [3.8, 4) is 0 Å². The highest BCUT2D eigenvalue weighted by Gasteiger charge is 2.11. The molecule has 0 aliphatic carbocycles. The molecule has 0 aromatic carbocycles. The Balaban J connectivity index is 2.68. The fourth-order valence-electron chi connectivity index (χ4n) is 1.66. The molecule has 1 aromatic rings. The number of furan rings is 1. The second kappa shape index (κ2) is 8.21. The van der Waals surface area contributed by atoms with Crippen LogP contribution in [0.4, 0.5) is 0 Å². The first kappa shape index (κ1) is 16.9. The van der Waals surface area contributed by atoms with Crippen LogP contribution >= 0.6 is 12.2 Å². The van der Waals surface area contributed by atoms with Gasteiger partial charge in [0.15, 0.2) is 5.11 Å². The number of aryl methyl sites for hydroxylation is 2. The molecule has 0 spiro atoms. The smallest absolute Gasteiger partial charge is 0.303 e. The third kappa shape index (κ3) is 5.78. The summed E-state index contributed by atoms with van der Waals surface area (Å²) in [7, 11) is 0. The summed E-state index contributed by atoms with van der Waals surface area (Å²) in [5.74, 6) is 0.478. The van der Waals surface area contributed by atoms with E-state index in [2.05, 4.69) is 22.4 Å². The van der Waals surface area contributed by atoms with Crippen molar-refractivity contribution in [1.82, 2.24) is 10.7 Å². The van der Waals surface area contributed by atoms with Crippen LogP contribution in [0.2, 0.25) is 0 Å². The van der Waals surface area contributed by atoms with E-state index in [1.807, 2.05) is 13.8 Å². The zero-order valence-corrected chi connectivity index (χ0v) is 12.9. The molecule has 7 heteroatoms. The maximum Gasteiger partial charge on any atom is 0.303 e. The zero-order chi connectivity index (χ0) is 15.8. The lowest BCUT2D eigenvalue weighted by Gasteiger charge is -2.05. The Morgan fingerprint density at radius 2 is 2.33 bits per heavy atom. The van der Waals surface area contributed by atoms with Crippen molar-refractivity contribution in [2.24, 2.45) is 5.10 Å². The number of nitrogens with one attached hydrogen (secondary N) is 2. The Labute approximate surface area is 128 Å². The van der Waals surface area contributed by atoms with Crippen LogP contribution < -0.4 is 10.7 Å². The van der Waals surface area contributed by atoms with Crippen LogP contribution in [-0.2, 0) is 11.2 Å². The first-order valence-corrected chi connectivity index (χ1v) is 6.85. The van der Waals surface area contributed by atoms with E-state index < -0.39 is 5.97 Å². The molecular weight excluding hydrogens is 290 g/mol. The highest BCUT2D eigenvalue weighted by atomic mass is 32.1. The highest BCUT2D eigenvalue weighted by molar-refractivity contribution is 7.80. The number of carboxylic acid groups (broad SMARTS) is 1. The molecule has 6 nitrogen and oxygen atoms in total. The van der Waals surface area contributed by atoms with Crippen molar-refractivity contribution >= 4 is 29.0 Å². The first-order chi connectivity index (χ1) is 9.93. The van der Waals surface area contributed by atoms with E-state index in [-0.39, 0.29) is 6.42 Å². The van der Waals surface area contributed by atoms with Crippen LogP contribution in [-0.4, -0.2) is 28.4 Å². The van der Waals surface area contributed by atoms with Gasteiger partial charge < -0.3 is 14.8 Å². The number of hydrogen-bond donors (Lipinski definition) is 3. The van der Waals surface area contributed by atoms with Crippen LogP contribution in [0.1, 0.15) is 30.4 Å². The Morgan fingerprint density at radius 3 is 2.95 bits per heavy atom. The predicted molar refractivity (Wildman–Crippen MR) is 85.5 cm³/mol. The molecule has 21 heavy (non-hydrogen) atoms. The molecule has 1 aromatic heterocycles. The van der Waals surface area contributed by atoms with Crippen LogP contribution in [0, 0.1) is 6.92 Å². The molecule has 0 aliphatic heterocycles. The van der Waals surface area contributed by atoms with Crippen LogP contribution in [0.5, 0.6) is 0 Å². The van der Waals surface area contributed by atoms with E-state index in [1.54, 1.807) is 12.1 Å². The topological polar surface area (TPSA) is 86.9 Å². The minimum absolute atomic E-state index is 0.0381. The summed E-state index contributed by atoms with van der Waals surface area (Å²) in [6.45, 7) is 7.77. The highest BCUT2D eigenvalue weighted by Crippen LogP contribution is 2.17. The first-order valence-electron chi connectivity index (χ1n) is 6.44. The van der Waals surface area contributed by atoms with E-state index in [9.17, 15) is 4.79 Å². The summed E-state index contributed by atoms with van der Waals surface area (Å²) in [5, 5.41) is 16.1. The number of carbonyl (C=O) groups is 1. The van der Waals surface area contributed by atoms with Gasteiger partial charge in [-0.25, -0.2) is 0 Å². The summed E-state index contributed by atoms with van der Waals surface area (Å²) < 4.78 is 5.52. The summed E-state index contributed by atoms with van der Waals surface area (Å²) in [5.41, 5.74) is 4.26. The molecule has 0 aliphatic rings. The number of hydrazone groups is 1. The molecule has 1 rings (SSSR count). The van der Waals surface area contributed by atoms with Gasteiger partial charge in [-0.05, 0) is 32.1 Å². The van der Waals surface area contributed by atoms with Crippen molar-refractivity contribution < 1.29 is 14.3 Å².